The minimum atomic E-state index is -3.51. The van der Waals surface area contributed by atoms with Crippen molar-refractivity contribution in [3.8, 4) is 11.5 Å². The number of benzene rings is 2. The van der Waals surface area contributed by atoms with Crippen LogP contribution in [-0.2, 0) is 14.8 Å². The predicted molar refractivity (Wildman–Crippen MR) is 106 cm³/mol. The molecule has 0 unspecified atom stereocenters. The maximum atomic E-state index is 12.3. The Bertz CT molecular complexity index is 912. The van der Waals surface area contributed by atoms with Gasteiger partial charge in [-0.1, -0.05) is 12.1 Å². The highest BCUT2D eigenvalue weighted by Gasteiger charge is 2.19. The van der Waals surface area contributed by atoms with E-state index in [4.69, 9.17) is 9.47 Å². The monoisotopic (exact) mass is 392 g/mol. The van der Waals surface area contributed by atoms with E-state index >= 15 is 0 Å². The lowest BCUT2D eigenvalue weighted by molar-refractivity contribution is -0.116. The molecule has 0 spiro atoms. The summed E-state index contributed by atoms with van der Waals surface area (Å²) in [5.41, 5.74) is 1.96. The Kier molecular flexibility index (Phi) is 6.68. The summed E-state index contributed by atoms with van der Waals surface area (Å²) in [4.78, 5) is 12.3. The van der Waals surface area contributed by atoms with Gasteiger partial charge in [0.2, 0.25) is 15.9 Å². The summed E-state index contributed by atoms with van der Waals surface area (Å²) in [7, 11) is -0.480. The quantitative estimate of drug-likeness (QED) is 0.747. The van der Waals surface area contributed by atoms with Gasteiger partial charge in [-0.3, -0.25) is 9.10 Å². The van der Waals surface area contributed by atoms with Crippen LogP contribution < -0.4 is 19.1 Å². The van der Waals surface area contributed by atoms with Gasteiger partial charge in [-0.05, 0) is 36.8 Å². The molecule has 27 heavy (non-hydrogen) atoms. The summed E-state index contributed by atoms with van der Waals surface area (Å²) in [5, 5.41) is 2.74. The lowest BCUT2D eigenvalue weighted by atomic mass is 10.2. The fraction of sp³-hybridized carbons (Fsp3) is 0.316. The third-order valence-electron chi connectivity index (χ3n) is 3.91. The number of hydrogen-bond donors (Lipinski definition) is 1. The molecular formula is C19H24N2O5S. The largest absolute Gasteiger partial charge is 0.497 e. The Balaban J connectivity index is 2.10. The normalized spacial score (nSPS) is 11.0. The summed E-state index contributed by atoms with van der Waals surface area (Å²) in [6.07, 6.45) is 1.12. The number of aryl methyl sites for hydroxylation is 1. The van der Waals surface area contributed by atoms with Crippen molar-refractivity contribution in [2.75, 3.05) is 36.6 Å². The average molecular weight is 392 g/mol. The van der Waals surface area contributed by atoms with Crippen LogP contribution in [0.4, 0.5) is 11.4 Å². The molecule has 1 amide bonds. The third kappa shape index (κ3) is 5.62. The Hall–Kier alpha value is -2.74. The highest BCUT2D eigenvalue weighted by atomic mass is 32.2. The van der Waals surface area contributed by atoms with Crippen LogP contribution >= 0.6 is 0 Å². The molecule has 0 atom stereocenters. The van der Waals surface area contributed by atoms with Gasteiger partial charge in [-0.15, -0.1) is 0 Å². The number of hydrogen-bond acceptors (Lipinski definition) is 5. The van der Waals surface area contributed by atoms with Crippen molar-refractivity contribution in [3.63, 3.8) is 0 Å². The standard InChI is InChI=1S/C19H24N2O5S/c1-14-6-5-7-15(12-14)21(27(4,23)24)11-10-19(22)20-17-9-8-16(25-2)13-18(17)26-3/h5-9,12-13H,10-11H2,1-4H3,(H,20,22). The molecule has 0 aromatic heterocycles. The lowest BCUT2D eigenvalue weighted by Gasteiger charge is -2.22. The van der Waals surface area contributed by atoms with E-state index in [-0.39, 0.29) is 18.9 Å². The average Bonchev–Trinajstić information content (AvgIpc) is 2.61. The molecule has 2 aromatic rings. The van der Waals surface area contributed by atoms with Crippen molar-refractivity contribution in [2.45, 2.75) is 13.3 Å². The number of nitrogens with zero attached hydrogens (tertiary/aromatic N) is 1. The molecule has 0 heterocycles. The van der Waals surface area contributed by atoms with E-state index in [0.717, 1.165) is 11.8 Å². The van der Waals surface area contributed by atoms with Crippen LogP contribution in [0.15, 0.2) is 42.5 Å². The molecule has 7 nitrogen and oxygen atoms in total. The Morgan fingerprint density at radius 2 is 1.85 bits per heavy atom. The second kappa shape index (κ2) is 8.77. The number of rotatable bonds is 8. The number of carbonyl (C=O) groups excluding carboxylic acids is 1. The number of carbonyl (C=O) groups is 1. The molecule has 0 aliphatic rings. The Labute approximate surface area is 160 Å². The summed E-state index contributed by atoms with van der Waals surface area (Å²) in [6.45, 7) is 1.92. The molecule has 0 aliphatic heterocycles. The number of methoxy groups -OCH3 is 2. The maximum absolute atomic E-state index is 12.3. The maximum Gasteiger partial charge on any atom is 0.232 e. The van der Waals surface area contributed by atoms with Crippen LogP contribution in [0, 0.1) is 6.92 Å². The zero-order valence-electron chi connectivity index (χ0n) is 15.9. The zero-order chi connectivity index (χ0) is 20.0. The number of sulfonamides is 1. The van der Waals surface area contributed by atoms with Crippen LogP contribution in [-0.4, -0.2) is 41.3 Å². The van der Waals surface area contributed by atoms with E-state index in [1.807, 2.05) is 13.0 Å². The molecule has 0 fully saturated rings. The van der Waals surface area contributed by atoms with E-state index in [1.54, 1.807) is 36.4 Å². The van der Waals surface area contributed by atoms with Crippen molar-refractivity contribution in [3.05, 3.63) is 48.0 Å². The van der Waals surface area contributed by atoms with E-state index in [1.165, 1.54) is 18.5 Å². The Morgan fingerprint density at radius 3 is 2.44 bits per heavy atom. The first-order valence-electron chi connectivity index (χ1n) is 8.31. The van der Waals surface area contributed by atoms with Gasteiger partial charge in [0.25, 0.3) is 0 Å². The molecular weight excluding hydrogens is 368 g/mol. The predicted octanol–water partition coefficient (Wildman–Crippen LogP) is 2.81. The summed E-state index contributed by atoms with van der Waals surface area (Å²) < 4.78 is 35.9. The van der Waals surface area contributed by atoms with Crippen LogP contribution in [0.2, 0.25) is 0 Å². The fourth-order valence-electron chi connectivity index (χ4n) is 2.59. The van der Waals surface area contributed by atoms with Gasteiger partial charge in [0.1, 0.15) is 11.5 Å². The minimum Gasteiger partial charge on any atom is -0.497 e. The van der Waals surface area contributed by atoms with Gasteiger partial charge in [0.05, 0.1) is 31.9 Å². The van der Waals surface area contributed by atoms with E-state index < -0.39 is 10.0 Å². The number of amides is 1. The minimum absolute atomic E-state index is 0.00377. The number of ether oxygens (including phenoxy) is 2. The summed E-state index contributed by atoms with van der Waals surface area (Å²) >= 11 is 0. The molecule has 0 aliphatic carbocycles. The molecule has 0 saturated carbocycles. The second-order valence-electron chi connectivity index (χ2n) is 6.04. The second-order valence-corrected chi connectivity index (χ2v) is 7.95. The number of anilines is 2. The molecule has 2 aromatic carbocycles. The van der Waals surface area contributed by atoms with Gasteiger partial charge in [0, 0.05) is 19.0 Å². The number of nitrogens with one attached hydrogen (secondary N) is 1. The molecule has 0 bridgehead atoms. The zero-order valence-corrected chi connectivity index (χ0v) is 16.7. The molecule has 0 saturated heterocycles. The van der Waals surface area contributed by atoms with E-state index in [9.17, 15) is 13.2 Å². The highest BCUT2D eigenvalue weighted by molar-refractivity contribution is 7.92. The van der Waals surface area contributed by atoms with Crippen LogP contribution in [0.5, 0.6) is 11.5 Å². The van der Waals surface area contributed by atoms with E-state index in [0.29, 0.717) is 22.9 Å². The van der Waals surface area contributed by atoms with Gasteiger partial charge in [-0.2, -0.15) is 0 Å². The van der Waals surface area contributed by atoms with Gasteiger partial charge in [-0.25, -0.2) is 8.42 Å². The van der Waals surface area contributed by atoms with Crippen molar-refractivity contribution in [1.82, 2.24) is 0 Å². The summed E-state index contributed by atoms with van der Waals surface area (Å²) in [6, 6.07) is 12.2. The Morgan fingerprint density at radius 1 is 1.11 bits per heavy atom. The first-order chi connectivity index (χ1) is 12.7. The highest BCUT2D eigenvalue weighted by Crippen LogP contribution is 2.29. The first-order valence-corrected chi connectivity index (χ1v) is 10.2. The van der Waals surface area contributed by atoms with Crippen LogP contribution in [0.3, 0.4) is 0 Å². The molecule has 8 heteroatoms. The van der Waals surface area contributed by atoms with Crippen LogP contribution in [0.1, 0.15) is 12.0 Å². The molecule has 146 valence electrons. The van der Waals surface area contributed by atoms with Crippen molar-refractivity contribution in [2.24, 2.45) is 0 Å². The molecule has 2 rings (SSSR count). The van der Waals surface area contributed by atoms with Crippen molar-refractivity contribution < 1.29 is 22.7 Å². The smallest absolute Gasteiger partial charge is 0.232 e. The van der Waals surface area contributed by atoms with Crippen molar-refractivity contribution >= 4 is 27.3 Å². The first kappa shape index (κ1) is 20.6. The molecule has 0 radical (unpaired) electrons. The van der Waals surface area contributed by atoms with Gasteiger partial charge in [0.15, 0.2) is 0 Å². The SMILES string of the molecule is COc1ccc(NC(=O)CCN(c2cccc(C)c2)S(C)(=O)=O)c(OC)c1. The molecule has 1 N–H and O–H groups in total. The van der Waals surface area contributed by atoms with Gasteiger partial charge < -0.3 is 14.8 Å². The van der Waals surface area contributed by atoms with Crippen molar-refractivity contribution in [1.29, 1.82) is 0 Å². The van der Waals surface area contributed by atoms with Gasteiger partial charge >= 0.3 is 0 Å². The van der Waals surface area contributed by atoms with Crippen LogP contribution in [0.25, 0.3) is 0 Å². The fourth-order valence-corrected chi connectivity index (χ4v) is 3.51. The lowest BCUT2D eigenvalue weighted by Crippen LogP contribution is -2.33. The summed E-state index contributed by atoms with van der Waals surface area (Å²) in [5.74, 6) is 0.744. The topological polar surface area (TPSA) is 84.9 Å². The van der Waals surface area contributed by atoms with E-state index in [2.05, 4.69) is 5.32 Å². The third-order valence-corrected chi connectivity index (χ3v) is 5.11.